The Bertz CT molecular complexity index is 319. The first kappa shape index (κ1) is 13.3. The van der Waals surface area contributed by atoms with Crippen molar-refractivity contribution < 1.29 is 18.9 Å². The molecule has 2 atom stereocenters. The van der Waals surface area contributed by atoms with Crippen molar-refractivity contribution in [2.45, 2.75) is 50.9 Å². The van der Waals surface area contributed by atoms with Crippen LogP contribution >= 0.6 is 0 Å². The maximum Gasteiger partial charge on any atom is 1.00 e. The van der Waals surface area contributed by atoms with Crippen LogP contribution in [0.1, 0.15) is 56.4 Å². The van der Waals surface area contributed by atoms with Gasteiger partial charge in [-0.15, -0.1) is 0 Å². The van der Waals surface area contributed by atoms with Gasteiger partial charge in [0, 0.05) is 0 Å². The van der Waals surface area contributed by atoms with Crippen molar-refractivity contribution in [3.05, 3.63) is 41.8 Å². The van der Waals surface area contributed by atoms with Gasteiger partial charge in [0.25, 0.3) is 0 Å². The van der Waals surface area contributed by atoms with Gasteiger partial charge in [-0.3, -0.25) is 0 Å². The van der Waals surface area contributed by atoms with E-state index in [1.54, 1.807) is 5.56 Å². The average Bonchev–Trinajstić information content (AvgIpc) is 2.62. The van der Waals surface area contributed by atoms with Crippen molar-refractivity contribution in [3.63, 3.8) is 0 Å². The third-order valence-corrected chi connectivity index (χ3v) is 4.48. The second kappa shape index (κ2) is 6.12. The fraction of sp³-hybridized carbons (Fsp3) is 0.562. The molecule has 0 N–H and O–H groups in total. The molecule has 0 bridgehead atoms. The summed E-state index contributed by atoms with van der Waals surface area (Å²) in [6.07, 6.45) is 10.1. The molecule has 0 heterocycles. The molecular weight excluding hydrogens is 199 g/mol. The van der Waals surface area contributed by atoms with Crippen molar-refractivity contribution in [2.75, 3.05) is 0 Å². The number of rotatable bonds is 1. The molecule has 0 spiro atoms. The minimum absolute atomic E-state index is 0. The van der Waals surface area contributed by atoms with Crippen molar-refractivity contribution in [1.82, 2.24) is 0 Å². The Kier molecular flexibility index (Phi) is 4.77. The minimum atomic E-state index is 0. The normalized spacial score (nSPS) is 29.2. The molecule has 3 rings (SSSR count). The third-order valence-electron chi connectivity index (χ3n) is 4.48. The van der Waals surface area contributed by atoms with E-state index in [0.29, 0.717) is 0 Å². The van der Waals surface area contributed by atoms with Crippen LogP contribution in [0.5, 0.6) is 0 Å². The molecule has 0 aromatic heterocycles. The summed E-state index contributed by atoms with van der Waals surface area (Å²) in [5.41, 5.74) is 1.57. The van der Waals surface area contributed by atoms with E-state index >= 15 is 0 Å². The Hall–Kier alpha value is -0.183. The SMILES string of the molecule is [Li+].c1ccc(C2C[C-]3CCCCCC3C2)cc1. The zero-order chi connectivity index (χ0) is 10.8. The molecule has 0 aliphatic heterocycles. The Morgan fingerprint density at radius 1 is 1.00 bits per heavy atom. The Labute approximate surface area is 117 Å². The second-order valence-electron chi connectivity index (χ2n) is 5.50. The van der Waals surface area contributed by atoms with Crippen molar-refractivity contribution >= 4 is 0 Å². The second-order valence-corrected chi connectivity index (χ2v) is 5.50. The fourth-order valence-corrected chi connectivity index (χ4v) is 3.60. The monoisotopic (exact) mass is 220 g/mol. The van der Waals surface area contributed by atoms with Crippen LogP contribution < -0.4 is 18.9 Å². The van der Waals surface area contributed by atoms with E-state index in [-0.39, 0.29) is 18.9 Å². The van der Waals surface area contributed by atoms with E-state index in [4.69, 9.17) is 0 Å². The van der Waals surface area contributed by atoms with Crippen molar-refractivity contribution in [2.24, 2.45) is 5.92 Å². The van der Waals surface area contributed by atoms with Gasteiger partial charge in [-0.1, -0.05) is 62.4 Å². The number of benzene rings is 1. The first-order valence-corrected chi connectivity index (χ1v) is 6.83. The smallest absolute Gasteiger partial charge is 0.310 e. The van der Waals surface area contributed by atoms with Gasteiger partial charge in [-0.2, -0.15) is 18.8 Å². The predicted molar refractivity (Wildman–Crippen MR) is 68.2 cm³/mol. The maximum atomic E-state index is 2.32. The van der Waals surface area contributed by atoms with E-state index in [1.165, 1.54) is 44.9 Å². The Balaban J connectivity index is 0.00000108. The molecule has 1 heteroatoms. The number of hydrogen-bond acceptors (Lipinski definition) is 0. The van der Waals surface area contributed by atoms with E-state index < -0.39 is 0 Å². The molecule has 1 aromatic rings. The van der Waals surface area contributed by atoms with Crippen molar-refractivity contribution in [1.29, 1.82) is 0 Å². The molecule has 86 valence electrons. The summed E-state index contributed by atoms with van der Waals surface area (Å²) in [6.45, 7) is 0. The summed E-state index contributed by atoms with van der Waals surface area (Å²) in [5.74, 6) is 3.69. The maximum absolute atomic E-state index is 2.32. The first-order chi connectivity index (χ1) is 7.93. The number of fused-ring (bicyclic) bond motifs is 1. The molecule has 2 saturated carbocycles. The minimum Gasteiger partial charge on any atom is -0.310 e. The van der Waals surface area contributed by atoms with Gasteiger partial charge in [0.2, 0.25) is 0 Å². The standard InChI is InChI=1S/C16H21.Li/c1-3-7-13(8-4-1)16-11-14-9-5-2-6-10-15(14)12-16;/h1,3-4,7-8,14,16H,2,5-6,9-12H2;/q-1;+1. The van der Waals surface area contributed by atoms with Gasteiger partial charge in [0.1, 0.15) is 0 Å². The average molecular weight is 220 g/mol. The van der Waals surface area contributed by atoms with E-state index in [2.05, 4.69) is 30.3 Å². The van der Waals surface area contributed by atoms with Gasteiger partial charge in [0.15, 0.2) is 0 Å². The fourth-order valence-electron chi connectivity index (χ4n) is 3.60. The van der Waals surface area contributed by atoms with E-state index in [1.807, 2.05) is 5.92 Å². The summed E-state index contributed by atoms with van der Waals surface area (Å²) in [6, 6.07) is 11.1. The molecule has 2 fully saturated rings. The quantitative estimate of drug-likeness (QED) is 0.499. The van der Waals surface area contributed by atoms with E-state index in [0.717, 1.165) is 11.8 Å². The molecule has 2 unspecified atom stereocenters. The van der Waals surface area contributed by atoms with Crippen LogP contribution in [0, 0.1) is 11.8 Å². The van der Waals surface area contributed by atoms with Gasteiger partial charge in [-0.25, -0.2) is 0 Å². The Morgan fingerprint density at radius 3 is 2.65 bits per heavy atom. The van der Waals surface area contributed by atoms with Gasteiger partial charge in [-0.05, 0) is 11.5 Å². The molecule has 1 aromatic carbocycles. The van der Waals surface area contributed by atoms with Crippen LogP contribution in [-0.4, -0.2) is 0 Å². The molecule has 0 nitrogen and oxygen atoms in total. The van der Waals surface area contributed by atoms with Gasteiger partial charge >= 0.3 is 18.9 Å². The van der Waals surface area contributed by atoms with Gasteiger partial charge in [0.05, 0.1) is 0 Å². The molecule has 0 radical (unpaired) electrons. The summed E-state index contributed by atoms with van der Waals surface area (Å²) in [5, 5.41) is 0. The largest absolute Gasteiger partial charge is 1.00 e. The summed E-state index contributed by atoms with van der Waals surface area (Å²) in [7, 11) is 0. The van der Waals surface area contributed by atoms with Gasteiger partial charge < -0.3 is 5.92 Å². The first-order valence-electron chi connectivity index (χ1n) is 6.83. The molecule has 2 aliphatic carbocycles. The molecule has 0 amide bonds. The summed E-state index contributed by atoms with van der Waals surface area (Å²) in [4.78, 5) is 0. The zero-order valence-electron chi connectivity index (χ0n) is 11.0. The van der Waals surface area contributed by atoms with Crippen LogP contribution in [0.2, 0.25) is 0 Å². The summed E-state index contributed by atoms with van der Waals surface area (Å²) < 4.78 is 0. The van der Waals surface area contributed by atoms with Crippen LogP contribution in [0.25, 0.3) is 0 Å². The molecule has 0 saturated heterocycles. The molecule has 2 aliphatic rings. The van der Waals surface area contributed by atoms with Crippen LogP contribution in [-0.2, 0) is 0 Å². The zero-order valence-corrected chi connectivity index (χ0v) is 11.0. The van der Waals surface area contributed by atoms with Crippen LogP contribution in [0.15, 0.2) is 30.3 Å². The van der Waals surface area contributed by atoms with E-state index in [9.17, 15) is 0 Å². The molecular formula is C16H21Li. The molecule has 17 heavy (non-hydrogen) atoms. The summed E-state index contributed by atoms with van der Waals surface area (Å²) >= 11 is 0. The van der Waals surface area contributed by atoms with Crippen LogP contribution in [0.3, 0.4) is 0 Å². The third kappa shape index (κ3) is 2.98. The van der Waals surface area contributed by atoms with Crippen LogP contribution in [0.4, 0.5) is 0 Å². The van der Waals surface area contributed by atoms with Crippen molar-refractivity contribution in [3.8, 4) is 0 Å². The number of hydrogen-bond donors (Lipinski definition) is 0. The predicted octanol–water partition coefficient (Wildman–Crippen LogP) is 1.72. The topological polar surface area (TPSA) is 0 Å². The Morgan fingerprint density at radius 2 is 1.82 bits per heavy atom.